The Morgan fingerprint density at radius 2 is 1.90 bits per heavy atom. The van der Waals surface area contributed by atoms with Crippen molar-refractivity contribution in [1.82, 2.24) is 4.90 Å². The minimum atomic E-state index is -0.553. The molecule has 1 heterocycles. The molecule has 2 aromatic carbocycles. The standard InChI is InChI=1S/C23H26N2O4/c1-15-9-10-20(16(2)11-15)24-21(26)14-29-23(28)19-12-22(27)25(13-19)17(3)18-7-5-4-6-8-18/h4-11,17,19H,12-14H2,1-3H3,(H,24,26)/t17-,19-/m1/s1. The number of carbonyl (C=O) groups is 3. The molecule has 1 aliphatic rings. The van der Waals surface area contributed by atoms with Gasteiger partial charge in [0.1, 0.15) is 0 Å². The maximum absolute atomic E-state index is 12.4. The minimum Gasteiger partial charge on any atom is -0.455 e. The van der Waals surface area contributed by atoms with E-state index in [0.29, 0.717) is 12.2 Å². The first-order valence-corrected chi connectivity index (χ1v) is 9.73. The Kier molecular flexibility index (Phi) is 6.32. The summed E-state index contributed by atoms with van der Waals surface area (Å²) in [6, 6.07) is 15.3. The van der Waals surface area contributed by atoms with E-state index < -0.39 is 17.8 Å². The van der Waals surface area contributed by atoms with Gasteiger partial charge in [0.2, 0.25) is 5.91 Å². The van der Waals surface area contributed by atoms with E-state index in [1.807, 2.05) is 69.3 Å². The van der Waals surface area contributed by atoms with Crippen LogP contribution in [0.2, 0.25) is 0 Å². The maximum Gasteiger partial charge on any atom is 0.311 e. The third kappa shape index (κ3) is 5.02. The molecule has 0 bridgehead atoms. The van der Waals surface area contributed by atoms with E-state index in [4.69, 9.17) is 4.74 Å². The van der Waals surface area contributed by atoms with Crippen molar-refractivity contribution in [3.63, 3.8) is 0 Å². The Morgan fingerprint density at radius 1 is 1.17 bits per heavy atom. The Hall–Kier alpha value is -3.15. The Labute approximate surface area is 170 Å². The second-order valence-electron chi connectivity index (χ2n) is 7.51. The smallest absolute Gasteiger partial charge is 0.311 e. The zero-order valence-corrected chi connectivity index (χ0v) is 17.0. The van der Waals surface area contributed by atoms with Crippen LogP contribution in [0, 0.1) is 19.8 Å². The molecule has 1 fully saturated rings. The second kappa shape index (κ2) is 8.90. The monoisotopic (exact) mass is 394 g/mol. The first-order chi connectivity index (χ1) is 13.8. The first-order valence-electron chi connectivity index (χ1n) is 9.73. The van der Waals surface area contributed by atoms with Crippen molar-refractivity contribution >= 4 is 23.5 Å². The number of nitrogens with one attached hydrogen (secondary N) is 1. The summed E-state index contributed by atoms with van der Waals surface area (Å²) in [7, 11) is 0. The lowest BCUT2D eigenvalue weighted by Crippen LogP contribution is -2.30. The predicted molar refractivity (Wildman–Crippen MR) is 110 cm³/mol. The third-order valence-corrected chi connectivity index (χ3v) is 5.24. The number of esters is 1. The second-order valence-corrected chi connectivity index (χ2v) is 7.51. The van der Waals surface area contributed by atoms with Gasteiger partial charge in [0, 0.05) is 18.7 Å². The van der Waals surface area contributed by atoms with Crippen molar-refractivity contribution in [2.75, 3.05) is 18.5 Å². The lowest BCUT2D eigenvalue weighted by molar-refractivity contribution is -0.151. The van der Waals surface area contributed by atoms with Crippen molar-refractivity contribution in [1.29, 1.82) is 0 Å². The van der Waals surface area contributed by atoms with Crippen molar-refractivity contribution < 1.29 is 19.1 Å². The molecule has 3 rings (SSSR count). The van der Waals surface area contributed by atoms with Crippen molar-refractivity contribution in [3.05, 3.63) is 65.2 Å². The minimum absolute atomic E-state index is 0.0805. The van der Waals surface area contributed by atoms with Gasteiger partial charge < -0.3 is 15.0 Å². The van der Waals surface area contributed by atoms with Crippen LogP contribution in [-0.4, -0.2) is 35.8 Å². The van der Waals surface area contributed by atoms with E-state index in [2.05, 4.69) is 5.32 Å². The fourth-order valence-electron chi connectivity index (χ4n) is 3.57. The van der Waals surface area contributed by atoms with Crippen LogP contribution in [0.1, 0.15) is 36.1 Å². The largest absolute Gasteiger partial charge is 0.455 e. The topological polar surface area (TPSA) is 75.7 Å². The fraction of sp³-hybridized carbons (Fsp3) is 0.348. The van der Waals surface area contributed by atoms with Gasteiger partial charge in [-0.15, -0.1) is 0 Å². The molecule has 0 aromatic heterocycles. The fourth-order valence-corrected chi connectivity index (χ4v) is 3.57. The highest BCUT2D eigenvalue weighted by Crippen LogP contribution is 2.29. The van der Waals surface area contributed by atoms with Crippen molar-refractivity contribution in [3.8, 4) is 0 Å². The number of likely N-dealkylation sites (tertiary alicyclic amines) is 1. The molecule has 6 heteroatoms. The number of ether oxygens (including phenoxy) is 1. The maximum atomic E-state index is 12.4. The van der Waals surface area contributed by atoms with Crippen LogP contribution in [0.15, 0.2) is 48.5 Å². The number of hydrogen-bond donors (Lipinski definition) is 1. The number of anilines is 1. The summed E-state index contributed by atoms with van der Waals surface area (Å²) in [4.78, 5) is 38.6. The molecule has 152 valence electrons. The molecule has 0 spiro atoms. The van der Waals surface area contributed by atoms with Gasteiger partial charge in [-0.2, -0.15) is 0 Å². The average Bonchev–Trinajstić information content (AvgIpc) is 3.10. The summed E-state index contributed by atoms with van der Waals surface area (Å²) >= 11 is 0. The van der Waals surface area contributed by atoms with Gasteiger partial charge in [0.25, 0.3) is 5.91 Å². The Morgan fingerprint density at radius 3 is 2.59 bits per heavy atom. The molecule has 2 amide bonds. The molecular weight excluding hydrogens is 368 g/mol. The van der Waals surface area contributed by atoms with Gasteiger partial charge in [-0.05, 0) is 38.0 Å². The molecule has 1 aliphatic heterocycles. The van der Waals surface area contributed by atoms with E-state index in [1.165, 1.54) is 0 Å². The zero-order valence-electron chi connectivity index (χ0n) is 17.0. The molecule has 0 unspecified atom stereocenters. The molecule has 0 radical (unpaired) electrons. The van der Waals surface area contributed by atoms with Gasteiger partial charge in [0.05, 0.1) is 12.0 Å². The van der Waals surface area contributed by atoms with Gasteiger partial charge in [-0.25, -0.2) is 0 Å². The lowest BCUT2D eigenvalue weighted by atomic mass is 10.1. The molecule has 0 saturated carbocycles. The molecule has 1 saturated heterocycles. The summed E-state index contributed by atoms with van der Waals surface area (Å²) < 4.78 is 5.18. The zero-order chi connectivity index (χ0) is 21.0. The van der Waals surface area contributed by atoms with Gasteiger partial charge in [0.15, 0.2) is 6.61 Å². The molecule has 2 aromatic rings. The SMILES string of the molecule is Cc1ccc(NC(=O)COC(=O)[C@@H]2CC(=O)N([C@H](C)c3ccccc3)C2)c(C)c1. The summed E-state index contributed by atoms with van der Waals surface area (Å²) in [6.07, 6.45) is 0.106. The van der Waals surface area contributed by atoms with Crippen LogP contribution in [0.25, 0.3) is 0 Å². The lowest BCUT2D eigenvalue weighted by Gasteiger charge is -2.25. The van der Waals surface area contributed by atoms with Crippen LogP contribution in [-0.2, 0) is 19.1 Å². The number of aryl methyl sites for hydroxylation is 2. The molecule has 2 atom stereocenters. The molecule has 0 aliphatic carbocycles. The highest BCUT2D eigenvalue weighted by Gasteiger charge is 2.38. The number of rotatable bonds is 6. The number of amides is 2. The van der Waals surface area contributed by atoms with Crippen LogP contribution in [0.3, 0.4) is 0 Å². The highest BCUT2D eigenvalue weighted by molar-refractivity contribution is 5.94. The van der Waals surface area contributed by atoms with Crippen LogP contribution in [0.4, 0.5) is 5.69 Å². The van der Waals surface area contributed by atoms with Crippen LogP contribution in [0.5, 0.6) is 0 Å². The van der Waals surface area contributed by atoms with E-state index in [1.54, 1.807) is 4.90 Å². The van der Waals surface area contributed by atoms with E-state index in [9.17, 15) is 14.4 Å². The van der Waals surface area contributed by atoms with Gasteiger partial charge in [-0.3, -0.25) is 14.4 Å². The van der Waals surface area contributed by atoms with E-state index in [0.717, 1.165) is 16.7 Å². The normalized spacial score (nSPS) is 17.1. The van der Waals surface area contributed by atoms with Gasteiger partial charge in [-0.1, -0.05) is 48.0 Å². The summed E-state index contributed by atoms with van der Waals surface area (Å²) in [5.41, 5.74) is 3.75. The average molecular weight is 394 g/mol. The van der Waals surface area contributed by atoms with Gasteiger partial charge >= 0.3 is 5.97 Å². The van der Waals surface area contributed by atoms with Crippen molar-refractivity contribution in [2.24, 2.45) is 5.92 Å². The third-order valence-electron chi connectivity index (χ3n) is 5.24. The predicted octanol–water partition coefficient (Wildman–Crippen LogP) is 3.39. The van der Waals surface area contributed by atoms with E-state index >= 15 is 0 Å². The summed E-state index contributed by atoms with van der Waals surface area (Å²) in [6.45, 7) is 5.75. The molecule has 1 N–H and O–H groups in total. The van der Waals surface area contributed by atoms with E-state index in [-0.39, 0.29) is 25.0 Å². The quantitative estimate of drug-likeness (QED) is 0.762. The number of benzene rings is 2. The number of nitrogens with zero attached hydrogens (tertiary/aromatic N) is 1. The van der Waals surface area contributed by atoms with Crippen LogP contribution < -0.4 is 5.32 Å². The molecular formula is C23H26N2O4. The number of carbonyl (C=O) groups excluding carboxylic acids is 3. The highest BCUT2D eigenvalue weighted by atomic mass is 16.5. The summed E-state index contributed by atoms with van der Waals surface area (Å²) in [5, 5.41) is 2.75. The Balaban J connectivity index is 1.52. The number of hydrogen-bond acceptors (Lipinski definition) is 4. The molecule has 6 nitrogen and oxygen atoms in total. The van der Waals surface area contributed by atoms with Crippen LogP contribution >= 0.6 is 0 Å². The first kappa shape index (κ1) is 20.6. The summed E-state index contributed by atoms with van der Waals surface area (Å²) in [5.74, 6) is -1.55. The molecule has 29 heavy (non-hydrogen) atoms. The Bertz CT molecular complexity index is 910. The van der Waals surface area contributed by atoms with Crippen molar-refractivity contribution in [2.45, 2.75) is 33.2 Å².